The summed E-state index contributed by atoms with van der Waals surface area (Å²) in [6.45, 7) is 2.61. The number of hydrogen-bond acceptors (Lipinski definition) is 7. The molecule has 1 saturated carbocycles. The summed E-state index contributed by atoms with van der Waals surface area (Å²) >= 11 is 0. The summed E-state index contributed by atoms with van der Waals surface area (Å²) in [6, 6.07) is 6.91. The van der Waals surface area contributed by atoms with Crippen molar-refractivity contribution in [1.29, 1.82) is 0 Å². The largest absolute Gasteiger partial charge is 0.586 e. The van der Waals surface area contributed by atoms with Gasteiger partial charge in [0.15, 0.2) is 17.0 Å². The van der Waals surface area contributed by atoms with Crippen molar-refractivity contribution in [1.82, 2.24) is 19.7 Å². The fourth-order valence-corrected chi connectivity index (χ4v) is 4.72. The molecule has 1 aliphatic heterocycles. The zero-order valence-electron chi connectivity index (χ0n) is 22.0. The highest BCUT2D eigenvalue weighted by molar-refractivity contribution is 5.95. The maximum Gasteiger partial charge on any atom is 0.586 e. The number of fused-ring (bicyclic) bond motifs is 2. The molecule has 0 spiro atoms. The lowest BCUT2D eigenvalue weighted by atomic mass is 10.1. The molecular weight excluding hydrogens is 569 g/mol. The fourth-order valence-electron chi connectivity index (χ4n) is 4.72. The topological polar surface area (TPSA) is 112 Å². The van der Waals surface area contributed by atoms with Crippen LogP contribution in [0.4, 0.5) is 27.6 Å². The number of imidazole rings is 1. The molecular formula is C27H22F5N5O5. The first kappa shape index (κ1) is 27.5. The molecule has 6 rings (SSSR count). The Kier molecular flexibility index (Phi) is 6.35. The van der Waals surface area contributed by atoms with Gasteiger partial charge in [0.1, 0.15) is 18.0 Å². The molecule has 0 unspecified atom stereocenters. The van der Waals surface area contributed by atoms with Crippen LogP contribution in [0, 0.1) is 0 Å². The van der Waals surface area contributed by atoms with E-state index in [2.05, 4.69) is 24.5 Å². The Morgan fingerprint density at radius 2 is 1.90 bits per heavy atom. The summed E-state index contributed by atoms with van der Waals surface area (Å²) in [6.07, 6.45) is -6.55. The van der Waals surface area contributed by atoms with Gasteiger partial charge >= 0.3 is 12.5 Å². The van der Waals surface area contributed by atoms with E-state index >= 15 is 0 Å². The molecule has 4 aromatic rings. The zero-order valence-corrected chi connectivity index (χ0v) is 22.0. The molecule has 2 aromatic heterocycles. The van der Waals surface area contributed by atoms with E-state index in [1.54, 1.807) is 13.8 Å². The molecule has 220 valence electrons. The molecule has 0 saturated heterocycles. The van der Waals surface area contributed by atoms with E-state index in [4.69, 9.17) is 4.74 Å². The van der Waals surface area contributed by atoms with E-state index in [1.807, 2.05) is 0 Å². The van der Waals surface area contributed by atoms with Crippen molar-refractivity contribution in [3.8, 4) is 28.5 Å². The van der Waals surface area contributed by atoms with Gasteiger partial charge in [0.2, 0.25) is 5.91 Å². The van der Waals surface area contributed by atoms with Crippen LogP contribution in [0.2, 0.25) is 0 Å². The fraction of sp³-hybridized carbons (Fsp3) is 0.333. The number of anilines is 1. The van der Waals surface area contributed by atoms with Crippen molar-refractivity contribution in [2.45, 2.75) is 57.9 Å². The van der Waals surface area contributed by atoms with E-state index in [1.165, 1.54) is 41.6 Å². The Bertz CT molecular complexity index is 1760. The van der Waals surface area contributed by atoms with Gasteiger partial charge in [-0.15, -0.1) is 8.78 Å². The number of aromatic nitrogens is 4. The van der Waals surface area contributed by atoms with Crippen LogP contribution < -0.4 is 24.7 Å². The number of halogens is 5. The molecule has 3 heterocycles. The van der Waals surface area contributed by atoms with Crippen molar-refractivity contribution in [2.75, 3.05) is 4.90 Å². The zero-order chi connectivity index (χ0) is 30.0. The van der Waals surface area contributed by atoms with Gasteiger partial charge in [0, 0.05) is 23.4 Å². The average Bonchev–Trinajstić information content (AvgIpc) is 3.49. The smallest absolute Gasteiger partial charge is 0.490 e. The first-order valence-electron chi connectivity index (χ1n) is 12.8. The van der Waals surface area contributed by atoms with E-state index in [9.17, 15) is 31.5 Å². The Labute approximate surface area is 233 Å². The Morgan fingerprint density at radius 3 is 2.60 bits per heavy atom. The molecule has 0 bridgehead atoms. The summed E-state index contributed by atoms with van der Waals surface area (Å²) in [5, 5.41) is 4.33. The number of carbonyl (C=O) groups is 1. The Balaban J connectivity index is 1.38. The Hall–Kier alpha value is -4.69. The monoisotopic (exact) mass is 591 g/mol. The van der Waals surface area contributed by atoms with Gasteiger partial charge in [-0.3, -0.25) is 9.59 Å². The van der Waals surface area contributed by atoms with E-state index < -0.39 is 47.9 Å². The number of nitrogens with zero attached hydrogens (tertiary/aromatic N) is 4. The van der Waals surface area contributed by atoms with Crippen LogP contribution in [0.1, 0.15) is 32.3 Å². The molecule has 2 aromatic carbocycles. The van der Waals surface area contributed by atoms with E-state index in [0.29, 0.717) is 12.8 Å². The number of nitrogens with one attached hydrogen (secondary N) is 1. The molecule has 1 N–H and O–H groups in total. The van der Waals surface area contributed by atoms with Gasteiger partial charge in [-0.1, -0.05) is 6.07 Å². The van der Waals surface area contributed by atoms with Gasteiger partial charge in [0.05, 0.1) is 23.5 Å². The number of ether oxygens (including phenoxy) is 3. The lowest BCUT2D eigenvalue weighted by Gasteiger charge is -2.23. The van der Waals surface area contributed by atoms with Gasteiger partial charge < -0.3 is 24.1 Å². The van der Waals surface area contributed by atoms with Crippen LogP contribution in [-0.2, 0) is 17.5 Å². The minimum Gasteiger partial charge on any atom is -0.490 e. The molecule has 1 fully saturated rings. The van der Waals surface area contributed by atoms with Crippen molar-refractivity contribution in [3.05, 3.63) is 58.6 Å². The van der Waals surface area contributed by atoms with Crippen LogP contribution in [0.25, 0.3) is 22.3 Å². The molecule has 0 radical (unpaired) electrons. The van der Waals surface area contributed by atoms with Gasteiger partial charge in [-0.2, -0.15) is 18.3 Å². The number of aromatic amines is 1. The number of rotatable bonds is 7. The van der Waals surface area contributed by atoms with Crippen molar-refractivity contribution in [2.24, 2.45) is 0 Å². The summed E-state index contributed by atoms with van der Waals surface area (Å²) in [7, 11) is 0. The third-order valence-electron chi connectivity index (χ3n) is 6.59. The molecule has 15 heteroatoms. The second-order valence-corrected chi connectivity index (χ2v) is 10.1. The second kappa shape index (κ2) is 9.70. The summed E-state index contributed by atoms with van der Waals surface area (Å²) in [4.78, 5) is 35.0. The van der Waals surface area contributed by atoms with E-state index in [-0.39, 0.29) is 45.5 Å². The first-order chi connectivity index (χ1) is 19.8. The molecule has 42 heavy (non-hydrogen) atoms. The molecule has 1 aliphatic carbocycles. The quantitative estimate of drug-likeness (QED) is 0.298. The SMILES string of the molecule is CC(C)Oc1cc(-c2nn(CC(=O)N(c3ccc4c(c3)OC(F)(F)O4)C3CC3)c(=O)c3nc[nH]c23)ccc1C(F)(F)F. The average molecular weight is 591 g/mol. The van der Waals surface area contributed by atoms with Crippen molar-refractivity contribution in [3.63, 3.8) is 0 Å². The number of amides is 1. The third-order valence-corrected chi connectivity index (χ3v) is 6.59. The van der Waals surface area contributed by atoms with Gasteiger partial charge in [-0.25, -0.2) is 9.67 Å². The number of benzene rings is 2. The van der Waals surface area contributed by atoms with Crippen LogP contribution in [0.15, 0.2) is 47.5 Å². The molecule has 0 atom stereocenters. The molecule has 2 aliphatic rings. The number of hydrogen-bond donors (Lipinski definition) is 1. The maximum atomic E-state index is 13.6. The highest BCUT2D eigenvalue weighted by Crippen LogP contribution is 2.44. The minimum absolute atomic E-state index is 0.0699. The molecule has 10 nitrogen and oxygen atoms in total. The van der Waals surface area contributed by atoms with E-state index in [0.717, 1.165) is 10.7 Å². The first-order valence-corrected chi connectivity index (χ1v) is 12.8. The van der Waals surface area contributed by atoms with Crippen LogP contribution in [0.5, 0.6) is 17.2 Å². The minimum atomic E-state index is -4.68. The van der Waals surface area contributed by atoms with Gasteiger partial charge in [0.25, 0.3) is 5.56 Å². The number of alkyl halides is 5. The Morgan fingerprint density at radius 1 is 1.17 bits per heavy atom. The van der Waals surface area contributed by atoms with Crippen LogP contribution in [0.3, 0.4) is 0 Å². The van der Waals surface area contributed by atoms with Crippen molar-refractivity contribution >= 4 is 22.6 Å². The lowest BCUT2D eigenvalue weighted by molar-refractivity contribution is -0.286. The van der Waals surface area contributed by atoms with Crippen LogP contribution in [-0.4, -0.2) is 44.1 Å². The highest BCUT2D eigenvalue weighted by atomic mass is 19.4. The predicted molar refractivity (Wildman–Crippen MR) is 138 cm³/mol. The summed E-state index contributed by atoms with van der Waals surface area (Å²) < 4.78 is 83.2. The standard InChI is InChI=1S/C27H22F5N5O5/c1-13(2)40-19-9-14(3-7-17(19)26(28,29)30)22-23-24(34-12-33-23)25(39)36(35-22)11-21(38)37(15-4-5-15)16-6-8-18-20(10-16)42-27(31,32)41-18/h3,6-10,12-13,15H,4-5,11H2,1-2H3,(H,33,34). The van der Waals surface area contributed by atoms with Crippen LogP contribution >= 0.6 is 0 Å². The second-order valence-electron chi connectivity index (χ2n) is 10.1. The molecule has 1 amide bonds. The summed E-state index contributed by atoms with van der Waals surface area (Å²) in [5.41, 5.74) is -1.10. The number of carbonyl (C=O) groups excluding carboxylic acids is 1. The third kappa shape index (κ3) is 5.10. The maximum absolute atomic E-state index is 13.6. The normalized spacial score (nSPS) is 15.8. The highest BCUT2D eigenvalue weighted by Gasteiger charge is 2.44. The lowest BCUT2D eigenvalue weighted by Crippen LogP contribution is -2.39. The summed E-state index contributed by atoms with van der Waals surface area (Å²) in [5.74, 6) is -1.43. The van der Waals surface area contributed by atoms with Crippen molar-refractivity contribution < 1.29 is 41.0 Å². The number of H-pyrrole nitrogens is 1. The van der Waals surface area contributed by atoms with Gasteiger partial charge in [-0.05, 0) is 51.0 Å². The predicted octanol–water partition coefficient (Wildman–Crippen LogP) is 5.11.